The number of nitrogens with zero attached hydrogens (tertiary/aromatic N) is 3. The summed E-state index contributed by atoms with van der Waals surface area (Å²) in [5, 5.41) is 3.18. The van der Waals surface area contributed by atoms with Gasteiger partial charge in [-0.1, -0.05) is 13.3 Å². The summed E-state index contributed by atoms with van der Waals surface area (Å²) in [5.74, 6) is 1.85. The Balaban J connectivity index is 2.03. The topological polar surface area (TPSA) is 75.2 Å². The Morgan fingerprint density at radius 2 is 2.30 bits per heavy atom. The van der Waals surface area contributed by atoms with E-state index in [0.29, 0.717) is 12.4 Å². The molecule has 1 aliphatic rings. The molecule has 1 aromatic heterocycles. The number of hydrogen-bond donors (Lipinski definition) is 1. The molecule has 1 saturated heterocycles. The van der Waals surface area contributed by atoms with Gasteiger partial charge in [-0.15, -0.1) is 0 Å². The van der Waals surface area contributed by atoms with Gasteiger partial charge < -0.3 is 10.2 Å². The molecule has 0 saturated carbocycles. The number of sulfone groups is 1. The van der Waals surface area contributed by atoms with Crippen molar-refractivity contribution in [3.63, 3.8) is 0 Å². The number of hydrogen-bond acceptors (Lipinski definition) is 6. The molecule has 1 aromatic rings. The number of unbranched alkanes of at least 4 members (excludes halogenated alkanes) is 1. The van der Waals surface area contributed by atoms with Crippen LogP contribution in [0.4, 0.5) is 11.8 Å². The van der Waals surface area contributed by atoms with Gasteiger partial charge in [0, 0.05) is 25.8 Å². The zero-order valence-corrected chi connectivity index (χ0v) is 12.9. The highest BCUT2D eigenvalue weighted by Crippen LogP contribution is 2.21. The average molecular weight is 298 g/mol. The Morgan fingerprint density at radius 1 is 1.50 bits per heavy atom. The quantitative estimate of drug-likeness (QED) is 0.798. The molecule has 0 spiro atoms. The summed E-state index contributed by atoms with van der Waals surface area (Å²) in [6, 6.07) is 1.83. The largest absolute Gasteiger partial charge is 0.355 e. The Hall–Kier alpha value is -1.37. The maximum Gasteiger partial charge on any atom is 0.224 e. The van der Waals surface area contributed by atoms with E-state index in [0.717, 1.165) is 25.2 Å². The van der Waals surface area contributed by atoms with E-state index >= 15 is 0 Å². The van der Waals surface area contributed by atoms with Crippen molar-refractivity contribution in [3.8, 4) is 0 Å². The minimum absolute atomic E-state index is 0.0124. The lowest BCUT2D eigenvalue weighted by atomic mass is 10.2. The monoisotopic (exact) mass is 298 g/mol. The van der Waals surface area contributed by atoms with Crippen LogP contribution in [0.5, 0.6) is 0 Å². The van der Waals surface area contributed by atoms with Crippen LogP contribution in [0, 0.1) is 0 Å². The van der Waals surface area contributed by atoms with E-state index in [-0.39, 0.29) is 17.5 Å². The van der Waals surface area contributed by atoms with Gasteiger partial charge in [0.05, 0.1) is 11.5 Å². The Bertz CT molecular complexity index is 547. The van der Waals surface area contributed by atoms with Crippen LogP contribution in [0.3, 0.4) is 0 Å². The van der Waals surface area contributed by atoms with Crippen LogP contribution in [-0.2, 0) is 9.84 Å². The molecule has 6 nitrogen and oxygen atoms in total. The SMILES string of the molecule is CCCCNc1nccc(N(C)C2CCS(=O)(=O)C2)n1. The van der Waals surface area contributed by atoms with Crippen LogP contribution in [0.2, 0.25) is 0 Å². The average Bonchev–Trinajstić information content (AvgIpc) is 2.79. The zero-order chi connectivity index (χ0) is 14.6. The maximum absolute atomic E-state index is 11.5. The third-order valence-electron chi connectivity index (χ3n) is 3.57. The van der Waals surface area contributed by atoms with Crippen LogP contribution < -0.4 is 10.2 Å². The standard InChI is InChI=1S/C13H22N4O2S/c1-3-4-7-14-13-15-8-5-12(16-13)17(2)11-6-9-20(18,19)10-11/h5,8,11H,3-4,6-7,9-10H2,1-2H3,(H,14,15,16). The zero-order valence-electron chi connectivity index (χ0n) is 12.0. The van der Waals surface area contributed by atoms with Crippen molar-refractivity contribution in [1.82, 2.24) is 9.97 Å². The van der Waals surface area contributed by atoms with Crippen molar-refractivity contribution < 1.29 is 8.42 Å². The lowest BCUT2D eigenvalue weighted by molar-refractivity contribution is 0.600. The van der Waals surface area contributed by atoms with Gasteiger partial charge in [-0.3, -0.25) is 0 Å². The van der Waals surface area contributed by atoms with Crippen LogP contribution >= 0.6 is 0 Å². The second-order valence-corrected chi connectivity index (χ2v) is 7.42. The molecule has 2 heterocycles. The second kappa shape index (κ2) is 6.39. The molecule has 7 heteroatoms. The van der Waals surface area contributed by atoms with Gasteiger partial charge in [0.15, 0.2) is 9.84 Å². The van der Waals surface area contributed by atoms with Gasteiger partial charge in [0.25, 0.3) is 0 Å². The summed E-state index contributed by atoms with van der Waals surface area (Å²) in [6.07, 6.45) is 4.56. The van der Waals surface area contributed by atoms with E-state index in [1.54, 1.807) is 6.20 Å². The summed E-state index contributed by atoms with van der Waals surface area (Å²) < 4.78 is 23.1. The van der Waals surface area contributed by atoms with Gasteiger partial charge in [0.2, 0.25) is 5.95 Å². The smallest absolute Gasteiger partial charge is 0.224 e. The first-order valence-corrected chi connectivity index (χ1v) is 8.84. The fourth-order valence-electron chi connectivity index (χ4n) is 2.28. The molecule has 112 valence electrons. The molecular weight excluding hydrogens is 276 g/mol. The number of nitrogens with one attached hydrogen (secondary N) is 1. The molecule has 1 fully saturated rings. The van der Waals surface area contributed by atoms with Crippen LogP contribution in [-0.4, -0.2) is 49.5 Å². The first-order chi connectivity index (χ1) is 9.52. The van der Waals surface area contributed by atoms with Gasteiger partial charge in [0.1, 0.15) is 5.82 Å². The van der Waals surface area contributed by atoms with Gasteiger partial charge in [-0.05, 0) is 18.9 Å². The predicted octanol–water partition coefficient (Wildman–Crippen LogP) is 1.31. The highest BCUT2D eigenvalue weighted by atomic mass is 32.2. The third-order valence-corrected chi connectivity index (χ3v) is 5.32. The molecule has 1 unspecified atom stereocenters. The summed E-state index contributed by atoms with van der Waals surface area (Å²) in [5.41, 5.74) is 0. The summed E-state index contributed by atoms with van der Waals surface area (Å²) in [4.78, 5) is 10.6. The number of aromatic nitrogens is 2. The molecule has 1 atom stereocenters. The normalized spacial score (nSPS) is 20.8. The Kier molecular flexibility index (Phi) is 4.80. The molecule has 0 radical (unpaired) electrons. The molecule has 20 heavy (non-hydrogen) atoms. The number of rotatable bonds is 6. The molecule has 0 aromatic carbocycles. The van der Waals surface area contributed by atoms with E-state index in [9.17, 15) is 8.42 Å². The van der Waals surface area contributed by atoms with Gasteiger partial charge in [-0.2, -0.15) is 4.98 Å². The summed E-state index contributed by atoms with van der Waals surface area (Å²) in [7, 11) is -0.984. The lowest BCUT2D eigenvalue weighted by Crippen LogP contribution is -2.33. The van der Waals surface area contributed by atoms with Crippen molar-refractivity contribution in [2.24, 2.45) is 0 Å². The van der Waals surface area contributed by atoms with Crippen molar-refractivity contribution in [2.75, 3.05) is 35.3 Å². The Labute approximate surface area is 120 Å². The maximum atomic E-state index is 11.5. The highest BCUT2D eigenvalue weighted by Gasteiger charge is 2.31. The van der Waals surface area contributed by atoms with Crippen LogP contribution in [0.25, 0.3) is 0 Å². The van der Waals surface area contributed by atoms with E-state index in [4.69, 9.17) is 0 Å². The minimum Gasteiger partial charge on any atom is -0.355 e. The molecule has 1 aliphatic heterocycles. The van der Waals surface area contributed by atoms with Crippen molar-refractivity contribution in [1.29, 1.82) is 0 Å². The molecule has 0 bridgehead atoms. The fraction of sp³-hybridized carbons (Fsp3) is 0.692. The first kappa shape index (κ1) is 15.0. The molecule has 0 aliphatic carbocycles. The number of anilines is 2. The van der Waals surface area contributed by atoms with Crippen LogP contribution in [0.1, 0.15) is 26.2 Å². The van der Waals surface area contributed by atoms with Crippen molar-refractivity contribution in [3.05, 3.63) is 12.3 Å². The van der Waals surface area contributed by atoms with Gasteiger partial charge in [-0.25, -0.2) is 13.4 Å². The van der Waals surface area contributed by atoms with E-state index in [1.165, 1.54) is 0 Å². The lowest BCUT2D eigenvalue weighted by Gasteiger charge is -2.24. The minimum atomic E-state index is -2.88. The molecule has 1 N–H and O–H groups in total. The highest BCUT2D eigenvalue weighted by molar-refractivity contribution is 7.91. The van der Waals surface area contributed by atoms with Crippen molar-refractivity contribution in [2.45, 2.75) is 32.2 Å². The Morgan fingerprint density at radius 3 is 2.95 bits per heavy atom. The van der Waals surface area contributed by atoms with Crippen molar-refractivity contribution >= 4 is 21.6 Å². The molecule has 2 rings (SSSR count). The van der Waals surface area contributed by atoms with Gasteiger partial charge >= 0.3 is 0 Å². The van der Waals surface area contributed by atoms with Crippen LogP contribution in [0.15, 0.2) is 12.3 Å². The van der Waals surface area contributed by atoms with E-state index in [1.807, 2.05) is 18.0 Å². The fourth-order valence-corrected chi connectivity index (χ4v) is 4.05. The molecule has 0 amide bonds. The predicted molar refractivity (Wildman–Crippen MR) is 80.9 cm³/mol. The third kappa shape index (κ3) is 3.82. The molecular formula is C13H22N4O2S. The summed E-state index contributed by atoms with van der Waals surface area (Å²) >= 11 is 0. The summed E-state index contributed by atoms with van der Waals surface area (Å²) in [6.45, 7) is 2.98. The van der Waals surface area contributed by atoms with E-state index in [2.05, 4.69) is 22.2 Å². The first-order valence-electron chi connectivity index (χ1n) is 7.02. The van der Waals surface area contributed by atoms with E-state index < -0.39 is 9.84 Å². The second-order valence-electron chi connectivity index (χ2n) is 5.19.